The molecule has 7 amide bonds. The number of hydrazone groups is 1. The van der Waals surface area contributed by atoms with E-state index in [0.717, 1.165) is 27.3 Å². The van der Waals surface area contributed by atoms with Crippen LogP contribution in [0, 0.1) is 0 Å². The van der Waals surface area contributed by atoms with Crippen LogP contribution in [0.25, 0.3) is 0 Å². The quantitative estimate of drug-likeness (QED) is 0.124. The summed E-state index contributed by atoms with van der Waals surface area (Å²) in [7, 11) is 4.78. The predicted octanol–water partition coefficient (Wildman–Crippen LogP) is 2.64. The van der Waals surface area contributed by atoms with E-state index in [1.54, 1.807) is 39.5 Å². The average Bonchev–Trinajstić information content (AvgIpc) is 3.48. The lowest BCUT2D eigenvalue weighted by atomic mass is 9.94. The van der Waals surface area contributed by atoms with E-state index in [1.165, 1.54) is 5.01 Å². The van der Waals surface area contributed by atoms with Crippen LogP contribution in [-0.2, 0) is 35.0 Å². The van der Waals surface area contributed by atoms with E-state index in [0.29, 0.717) is 95.1 Å². The molecule has 2 saturated heterocycles. The zero-order valence-electron chi connectivity index (χ0n) is 37.2. The number of carbonyl (C=O) groups excluding carboxylic acids is 6. The molecule has 4 aliphatic heterocycles. The maximum absolute atomic E-state index is 13.3. The number of piperazine rings is 1. The summed E-state index contributed by atoms with van der Waals surface area (Å²) < 4.78 is 28.1. The van der Waals surface area contributed by atoms with Gasteiger partial charge >= 0.3 is 6.03 Å². The summed E-state index contributed by atoms with van der Waals surface area (Å²) in [5.74, 6) is -0.989. The van der Waals surface area contributed by atoms with Crippen LogP contribution in [0.1, 0.15) is 63.6 Å². The van der Waals surface area contributed by atoms with Crippen LogP contribution in [0.2, 0.25) is 0 Å². The second-order valence-corrected chi connectivity index (χ2v) is 15.9. The molecule has 4 aliphatic rings. The largest absolute Gasteiger partial charge is 0.493 e. The molecule has 19 heteroatoms. The third-order valence-electron chi connectivity index (χ3n) is 11.8. The second-order valence-electron chi connectivity index (χ2n) is 15.9. The van der Waals surface area contributed by atoms with Crippen molar-refractivity contribution >= 4 is 52.7 Å². The van der Waals surface area contributed by atoms with E-state index in [2.05, 4.69) is 20.9 Å². The molecule has 0 aromatic heterocycles. The van der Waals surface area contributed by atoms with Crippen molar-refractivity contribution in [1.82, 2.24) is 25.4 Å². The van der Waals surface area contributed by atoms with E-state index in [9.17, 15) is 28.8 Å². The monoisotopic (exact) mass is 896 g/mol. The highest BCUT2D eigenvalue weighted by Gasteiger charge is 2.45. The molecule has 2 atom stereocenters. The van der Waals surface area contributed by atoms with Crippen LogP contribution in [0.15, 0.2) is 59.7 Å². The van der Waals surface area contributed by atoms with Crippen LogP contribution < -0.4 is 30.3 Å². The number of benzene rings is 3. The van der Waals surface area contributed by atoms with Crippen LogP contribution >= 0.6 is 0 Å². The van der Waals surface area contributed by atoms with Crippen LogP contribution in [0.4, 0.5) is 16.2 Å². The van der Waals surface area contributed by atoms with E-state index < -0.39 is 29.7 Å². The van der Waals surface area contributed by atoms with Crippen LogP contribution in [0.3, 0.4) is 0 Å². The third-order valence-corrected chi connectivity index (χ3v) is 11.8. The van der Waals surface area contributed by atoms with Crippen molar-refractivity contribution < 1.29 is 52.5 Å². The molecule has 4 heterocycles. The number of nitrogens with one attached hydrogen (secondary N) is 3. The van der Waals surface area contributed by atoms with Gasteiger partial charge in [-0.05, 0) is 61.7 Å². The molecule has 65 heavy (non-hydrogen) atoms. The Balaban J connectivity index is 0.777. The molecule has 19 nitrogen and oxygen atoms in total. The molecule has 0 aliphatic carbocycles. The third kappa shape index (κ3) is 10.5. The van der Waals surface area contributed by atoms with Gasteiger partial charge in [0.2, 0.25) is 17.7 Å². The van der Waals surface area contributed by atoms with Crippen molar-refractivity contribution in [2.24, 2.45) is 5.10 Å². The lowest BCUT2D eigenvalue weighted by Gasteiger charge is -2.36. The predicted molar refractivity (Wildman–Crippen MR) is 239 cm³/mol. The number of fused-ring (bicyclic) bond motifs is 2. The molecule has 0 bridgehead atoms. The standard InChI is InChI=1S/C46H56N8O11/c1-29-26-31-27-37(61-3)38(62-4)28-34(31)42(50-54(29)46(60)47-2)30-8-10-32(11-9-30)51-16-18-52(19-17-51)40(56)14-20-63-22-24-65-25-23-64-21-15-48-35-7-5-6-33-41(35)45(59)53(44(33)58)36-12-13-39(55)49-43(36)57/h5-11,27-29,36,48H,12-26H2,1-4H3,(H,47,60)(H,49,55,57)/t29-,36-/m0/s1. The number of methoxy groups -OCH3 is 2. The topological polar surface area (TPSA) is 210 Å². The van der Waals surface area contributed by atoms with Crippen molar-refractivity contribution in [3.8, 4) is 11.5 Å². The van der Waals surface area contributed by atoms with Gasteiger partial charge in [-0.25, -0.2) is 9.80 Å². The van der Waals surface area contributed by atoms with Crippen LogP contribution in [0.5, 0.6) is 11.5 Å². The normalized spacial score (nSPS) is 18.4. The maximum Gasteiger partial charge on any atom is 0.337 e. The van der Waals surface area contributed by atoms with Crippen molar-refractivity contribution in [3.63, 3.8) is 0 Å². The number of anilines is 2. The summed E-state index contributed by atoms with van der Waals surface area (Å²) in [6, 6.07) is 15.3. The molecule has 0 spiro atoms. The number of carbonyl (C=O) groups is 6. The summed E-state index contributed by atoms with van der Waals surface area (Å²) in [6.07, 6.45) is 0.992. The van der Waals surface area contributed by atoms with Gasteiger partial charge in [0.15, 0.2) is 11.5 Å². The Morgan fingerprint density at radius 2 is 1.49 bits per heavy atom. The Bertz CT molecular complexity index is 2300. The molecule has 0 radical (unpaired) electrons. The first-order valence-electron chi connectivity index (χ1n) is 21.8. The molecule has 3 aromatic rings. The first-order valence-corrected chi connectivity index (χ1v) is 21.8. The molecule has 346 valence electrons. The van der Waals surface area contributed by atoms with Gasteiger partial charge in [-0.2, -0.15) is 5.10 Å². The number of imide groups is 2. The second kappa shape index (κ2) is 21.4. The van der Waals surface area contributed by atoms with E-state index in [4.69, 9.17) is 28.8 Å². The Hall–Kier alpha value is -6.57. The number of hydrogen-bond acceptors (Lipinski definition) is 14. The number of hydrogen-bond donors (Lipinski definition) is 3. The number of amides is 7. The van der Waals surface area contributed by atoms with Gasteiger partial charge in [0.05, 0.1) is 83.2 Å². The summed E-state index contributed by atoms with van der Waals surface area (Å²) in [5.41, 5.74) is 5.24. The molecular weight excluding hydrogens is 841 g/mol. The fourth-order valence-corrected chi connectivity index (χ4v) is 8.37. The maximum atomic E-state index is 13.3. The smallest absolute Gasteiger partial charge is 0.337 e. The van der Waals surface area contributed by atoms with Gasteiger partial charge < -0.3 is 44.1 Å². The highest BCUT2D eigenvalue weighted by molar-refractivity contribution is 6.25. The SMILES string of the molecule is CNC(=O)N1N=C(c2ccc(N3CCN(C(=O)CCOCCOCCOCCNc4cccc5c4C(=O)N([C@H]4CCC(=O)NC4=O)C5=O)CC3)cc2)c2cc(OC)c(OC)cc2C[C@@H]1C. The van der Waals surface area contributed by atoms with Gasteiger partial charge in [0.1, 0.15) is 6.04 Å². The highest BCUT2D eigenvalue weighted by Crippen LogP contribution is 2.36. The number of ether oxygens (including phenoxy) is 5. The van der Waals surface area contributed by atoms with Gasteiger partial charge in [0.25, 0.3) is 11.8 Å². The average molecular weight is 897 g/mol. The molecule has 3 N–H and O–H groups in total. The summed E-state index contributed by atoms with van der Waals surface area (Å²) in [6.45, 7) is 6.81. The minimum Gasteiger partial charge on any atom is -0.493 e. The van der Waals surface area contributed by atoms with E-state index >= 15 is 0 Å². The van der Waals surface area contributed by atoms with E-state index in [-0.39, 0.29) is 55.0 Å². The van der Waals surface area contributed by atoms with Gasteiger partial charge in [-0.15, -0.1) is 0 Å². The Kier molecular flexibility index (Phi) is 15.3. The van der Waals surface area contributed by atoms with Gasteiger partial charge in [-0.3, -0.25) is 34.2 Å². The Morgan fingerprint density at radius 1 is 0.815 bits per heavy atom. The number of piperidine rings is 1. The Morgan fingerprint density at radius 3 is 2.17 bits per heavy atom. The van der Waals surface area contributed by atoms with E-state index in [1.807, 2.05) is 48.2 Å². The summed E-state index contributed by atoms with van der Waals surface area (Å²) >= 11 is 0. The molecule has 3 aromatic carbocycles. The molecule has 0 saturated carbocycles. The zero-order valence-corrected chi connectivity index (χ0v) is 37.2. The fourth-order valence-electron chi connectivity index (χ4n) is 8.37. The van der Waals surface area contributed by atoms with Crippen LogP contribution in [-0.4, -0.2) is 162 Å². The Labute approximate surface area is 377 Å². The van der Waals surface area contributed by atoms with Gasteiger partial charge in [0, 0.05) is 68.7 Å². The molecule has 2 fully saturated rings. The first-order chi connectivity index (χ1) is 31.5. The minimum atomic E-state index is -1.03. The zero-order chi connectivity index (χ0) is 46.0. The summed E-state index contributed by atoms with van der Waals surface area (Å²) in [4.78, 5) is 81.2. The lowest BCUT2D eigenvalue weighted by molar-refractivity contribution is -0.136. The fraction of sp³-hybridized carbons (Fsp3) is 0.457. The first kappa shape index (κ1) is 46.4. The molecule has 0 unspecified atom stereocenters. The highest BCUT2D eigenvalue weighted by atomic mass is 16.5. The van der Waals surface area contributed by atoms with Crippen molar-refractivity contribution in [2.45, 2.75) is 44.7 Å². The van der Waals surface area contributed by atoms with Crippen molar-refractivity contribution in [1.29, 1.82) is 0 Å². The number of nitrogens with zero attached hydrogens (tertiary/aromatic N) is 5. The number of rotatable bonds is 18. The van der Waals surface area contributed by atoms with Crippen molar-refractivity contribution in [2.75, 3.05) is 104 Å². The lowest BCUT2D eigenvalue weighted by Crippen LogP contribution is -2.54. The van der Waals surface area contributed by atoms with Crippen molar-refractivity contribution in [3.05, 3.63) is 82.4 Å². The molecular formula is C46H56N8O11. The summed E-state index contributed by atoms with van der Waals surface area (Å²) in [5, 5.41) is 14.4. The minimum absolute atomic E-state index is 0.0398. The molecule has 7 rings (SSSR count). The number of urea groups is 1. The van der Waals surface area contributed by atoms with Gasteiger partial charge in [-0.1, -0.05) is 18.2 Å².